The molecule has 1 rings (SSSR count). The van der Waals surface area contributed by atoms with Crippen LogP contribution in [0.15, 0.2) is 17.0 Å². The van der Waals surface area contributed by atoms with Gasteiger partial charge in [-0.2, -0.15) is 0 Å². The highest BCUT2D eigenvalue weighted by molar-refractivity contribution is 7.89. The summed E-state index contributed by atoms with van der Waals surface area (Å²) in [5.41, 5.74) is 5.47. The molecule has 0 fully saturated rings. The van der Waals surface area contributed by atoms with Gasteiger partial charge in [0.25, 0.3) is 0 Å². The lowest BCUT2D eigenvalue weighted by Crippen LogP contribution is -2.29. The van der Waals surface area contributed by atoms with Gasteiger partial charge in [0.05, 0.1) is 0 Å². The summed E-state index contributed by atoms with van der Waals surface area (Å²) >= 11 is 5.81. The first kappa shape index (κ1) is 16.4. The molecule has 19 heavy (non-hydrogen) atoms. The van der Waals surface area contributed by atoms with Crippen molar-refractivity contribution in [3.8, 4) is 0 Å². The SMILES string of the molecule is CCCCN(C)S(=O)(=O)c1cc(Cl)cc(CN)c1F. The molecule has 1 aromatic rings. The third kappa shape index (κ3) is 3.66. The van der Waals surface area contributed by atoms with Crippen LogP contribution >= 0.6 is 11.6 Å². The van der Waals surface area contributed by atoms with Gasteiger partial charge in [-0.1, -0.05) is 24.9 Å². The first-order valence-electron chi connectivity index (χ1n) is 5.99. The lowest BCUT2D eigenvalue weighted by atomic mass is 10.2. The van der Waals surface area contributed by atoms with Gasteiger partial charge in [-0.05, 0) is 18.6 Å². The molecule has 0 atom stereocenters. The summed E-state index contributed by atoms with van der Waals surface area (Å²) in [6.07, 6.45) is 1.56. The van der Waals surface area contributed by atoms with Gasteiger partial charge in [-0.25, -0.2) is 17.1 Å². The van der Waals surface area contributed by atoms with Crippen molar-refractivity contribution >= 4 is 21.6 Å². The Hall–Kier alpha value is -0.690. The van der Waals surface area contributed by atoms with E-state index in [1.807, 2.05) is 6.92 Å². The number of sulfonamides is 1. The zero-order valence-corrected chi connectivity index (χ0v) is 12.6. The summed E-state index contributed by atoms with van der Waals surface area (Å²) in [6.45, 7) is 2.18. The maximum atomic E-state index is 14.1. The second kappa shape index (κ2) is 6.65. The summed E-state index contributed by atoms with van der Waals surface area (Å²) < 4.78 is 39.7. The Labute approximate surface area is 118 Å². The van der Waals surface area contributed by atoms with Crippen molar-refractivity contribution in [3.05, 3.63) is 28.5 Å². The van der Waals surface area contributed by atoms with Crippen molar-refractivity contribution < 1.29 is 12.8 Å². The van der Waals surface area contributed by atoms with E-state index in [9.17, 15) is 12.8 Å². The van der Waals surface area contributed by atoms with Crippen molar-refractivity contribution in [2.45, 2.75) is 31.2 Å². The lowest BCUT2D eigenvalue weighted by molar-refractivity contribution is 0.452. The fraction of sp³-hybridized carbons (Fsp3) is 0.500. The number of benzene rings is 1. The number of halogens is 2. The van der Waals surface area contributed by atoms with Gasteiger partial charge in [-0.15, -0.1) is 0 Å². The van der Waals surface area contributed by atoms with Crippen molar-refractivity contribution in [2.75, 3.05) is 13.6 Å². The van der Waals surface area contributed by atoms with Gasteiger partial charge >= 0.3 is 0 Å². The quantitative estimate of drug-likeness (QED) is 0.877. The maximum Gasteiger partial charge on any atom is 0.245 e. The van der Waals surface area contributed by atoms with Crippen LogP contribution in [0.25, 0.3) is 0 Å². The third-order valence-electron chi connectivity index (χ3n) is 2.81. The zero-order valence-electron chi connectivity index (χ0n) is 11.0. The van der Waals surface area contributed by atoms with Crippen LogP contribution in [0.5, 0.6) is 0 Å². The molecule has 0 spiro atoms. The summed E-state index contributed by atoms with van der Waals surface area (Å²) in [5.74, 6) is -0.824. The molecule has 0 bridgehead atoms. The molecule has 0 aromatic heterocycles. The van der Waals surface area contributed by atoms with Gasteiger partial charge in [-0.3, -0.25) is 0 Å². The van der Waals surface area contributed by atoms with Crippen LogP contribution in [0.4, 0.5) is 4.39 Å². The van der Waals surface area contributed by atoms with E-state index in [1.165, 1.54) is 13.1 Å². The van der Waals surface area contributed by atoms with Crippen molar-refractivity contribution in [1.82, 2.24) is 4.31 Å². The monoisotopic (exact) mass is 308 g/mol. The van der Waals surface area contributed by atoms with Crippen LogP contribution < -0.4 is 5.73 Å². The summed E-state index contributed by atoms with van der Waals surface area (Å²) in [4.78, 5) is -0.418. The third-order valence-corrected chi connectivity index (χ3v) is 4.89. The first-order valence-corrected chi connectivity index (χ1v) is 7.80. The molecule has 0 aliphatic heterocycles. The summed E-state index contributed by atoms with van der Waals surface area (Å²) in [5, 5.41) is 0.157. The molecule has 0 aliphatic carbocycles. The zero-order chi connectivity index (χ0) is 14.6. The highest BCUT2D eigenvalue weighted by atomic mass is 35.5. The average Bonchev–Trinajstić information content (AvgIpc) is 2.37. The van der Waals surface area contributed by atoms with Crippen LogP contribution in [0.2, 0.25) is 5.02 Å². The number of hydrogen-bond acceptors (Lipinski definition) is 3. The molecule has 0 saturated heterocycles. The predicted octanol–water partition coefficient (Wildman–Crippen LogP) is 2.36. The first-order chi connectivity index (χ1) is 8.84. The molecule has 1 aromatic carbocycles. The minimum absolute atomic E-state index is 0.0926. The fourth-order valence-electron chi connectivity index (χ4n) is 1.62. The van der Waals surface area contributed by atoms with E-state index >= 15 is 0 Å². The second-order valence-electron chi connectivity index (χ2n) is 4.26. The molecule has 0 amide bonds. The molecule has 0 radical (unpaired) electrons. The van der Waals surface area contributed by atoms with Crippen molar-refractivity contribution in [2.24, 2.45) is 5.73 Å². The van der Waals surface area contributed by atoms with E-state index in [0.717, 1.165) is 16.8 Å². The number of unbranched alkanes of at least 4 members (excludes halogenated alkanes) is 1. The smallest absolute Gasteiger partial charge is 0.245 e. The van der Waals surface area contributed by atoms with E-state index in [-0.39, 0.29) is 17.1 Å². The van der Waals surface area contributed by atoms with E-state index in [1.54, 1.807) is 0 Å². The lowest BCUT2D eigenvalue weighted by Gasteiger charge is -2.18. The Kier molecular flexibility index (Phi) is 5.73. The highest BCUT2D eigenvalue weighted by Gasteiger charge is 2.26. The molecule has 2 N–H and O–H groups in total. The molecule has 108 valence electrons. The van der Waals surface area contributed by atoms with Gasteiger partial charge in [0.2, 0.25) is 10.0 Å². The topological polar surface area (TPSA) is 63.4 Å². The van der Waals surface area contributed by atoms with E-state index in [0.29, 0.717) is 13.0 Å². The number of nitrogens with zero attached hydrogens (tertiary/aromatic N) is 1. The van der Waals surface area contributed by atoms with E-state index < -0.39 is 20.7 Å². The van der Waals surface area contributed by atoms with Crippen LogP contribution in [0.3, 0.4) is 0 Å². The minimum Gasteiger partial charge on any atom is -0.326 e. The molecular weight excluding hydrogens is 291 g/mol. The van der Waals surface area contributed by atoms with Gasteiger partial charge in [0, 0.05) is 30.7 Å². The largest absolute Gasteiger partial charge is 0.326 e. The van der Waals surface area contributed by atoms with Crippen LogP contribution in [-0.4, -0.2) is 26.3 Å². The minimum atomic E-state index is -3.88. The van der Waals surface area contributed by atoms with Gasteiger partial charge in [0.1, 0.15) is 10.7 Å². The van der Waals surface area contributed by atoms with Crippen LogP contribution in [0.1, 0.15) is 25.3 Å². The summed E-state index contributed by atoms with van der Waals surface area (Å²) in [6, 6.07) is 2.45. The molecule has 4 nitrogen and oxygen atoms in total. The number of nitrogens with two attached hydrogens (primary N) is 1. The Morgan fingerprint density at radius 3 is 2.58 bits per heavy atom. The maximum absolute atomic E-state index is 14.1. The fourth-order valence-corrected chi connectivity index (χ4v) is 3.27. The second-order valence-corrected chi connectivity index (χ2v) is 6.71. The molecule has 0 heterocycles. The number of hydrogen-bond donors (Lipinski definition) is 1. The van der Waals surface area contributed by atoms with E-state index in [4.69, 9.17) is 17.3 Å². The van der Waals surface area contributed by atoms with Gasteiger partial charge < -0.3 is 5.73 Å². The van der Waals surface area contributed by atoms with Crippen molar-refractivity contribution in [1.29, 1.82) is 0 Å². The van der Waals surface area contributed by atoms with Crippen molar-refractivity contribution in [3.63, 3.8) is 0 Å². The van der Waals surface area contributed by atoms with Gasteiger partial charge in [0.15, 0.2) is 0 Å². The molecule has 0 unspecified atom stereocenters. The van der Waals surface area contributed by atoms with Crippen LogP contribution in [-0.2, 0) is 16.6 Å². The highest BCUT2D eigenvalue weighted by Crippen LogP contribution is 2.25. The standard InChI is InChI=1S/C12H18ClFN2O2S/c1-3-4-5-16(2)19(17,18)11-7-10(13)6-9(8-15)12(11)14/h6-7H,3-5,8,15H2,1-2H3. The van der Waals surface area contributed by atoms with E-state index in [2.05, 4.69) is 0 Å². The normalized spacial score (nSPS) is 12.1. The predicted molar refractivity (Wildman–Crippen MR) is 74.0 cm³/mol. The Bertz CT molecular complexity index is 549. The Morgan fingerprint density at radius 1 is 1.42 bits per heavy atom. The number of rotatable bonds is 6. The molecule has 7 heteroatoms. The summed E-state index contributed by atoms with van der Waals surface area (Å²) in [7, 11) is -2.45. The average molecular weight is 309 g/mol. The molecule has 0 saturated carbocycles. The Morgan fingerprint density at radius 2 is 2.05 bits per heavy atom. The Balaban J connectivity index is 3.25. The molecule has 0 aliphatic rings. The molecular formula is C12H18ClFN2O2S. The van der Waals surface area contributed by atoms with Crippen LogP contribution in [0, 0.1) is 5.82 Å².